The molecular formula is C33H28O7. The van der Waals surface area contributed by atoms with E-state index in [4.69, 9.17) is 28.4 Å². The van der Waals surface area contributed by atoms with Crippen molar-refractivity contribution in [1.29, 1.82) is 0 Å². The Balaban J connectivity index is 1.53. The number of carbonyl (C=O) groups excluding carboxylic acids is 1. The van der Waals surface area contributed by atoms with Crippen molar-refractivity contribution in [2.24, 2.45) is 0 Å². The first-order chi connectivity index (χ1) is 19.6. The van der Waals surface area contributed by atoms with Gasteiger partial charge in [0.2, 0.25) is 12.5 Å². The number of ketones is 1. The fraction of sp³-hybridized carbons (Fsp3) is 0.242. The summed E-state index contributed by atoms with van der Waals surface area (Å²) in [5.41, 5.74) is 3.25. The van der Waals surface area contributed by atoms with Gasteiger partial charge in [-0.2, -0.15) is 0 Å². The second kappa shape index (κ2) is 9.23. The SMILES string of the molecule is COc1cc([C@]23C[C@H](c4ccccc4O2)[C@@H](C(=O)c2ccccc2)c2cc4c(cc23)OCO4)cc(OC)c1OC. The van der Waals surface area contributed by atoms with E-state index in [1.54, 1.807) is 21.3 Å². The summed E-state index contributed by atoms with van der Waals surface area (Å²) in [6.07, 6.45) is 0.526. The molecule has 0 fully saturated rings. The van der Waals surface area contributed by atoms with Gasteiger partial charge in [0.25, 0.3) is 0 Å². The first-order valence-corrected chi connectivity index (χ1v) is 13.2. The molecule has 40 heavy (non-hydrogen) atoms. The van der Waals surface area contributed by atoms with Gasteiger partial charge < -0.3 is 28.4 Å². The van der Waals surface area contributed by atoms with Crippen LogP contribution in [0.15, 0.2) is 78.9 Å². The van der Waals surface area contributed by atoms with Gasteiger partial charge in [-0.1, -0.05) is 48.5 Å². The van der Waals surface area contributed by atoms with E-state index in [1.807, 2.05) is 72.8 Å². The fourth-order valence-corrected chi connectivity index (χ4v) is 6.53. The Hall–Kier alpha value is -4.65. The van der Waals surface area contributed by atoms with Gasteiger partial charge in [-0.05, 0) is 41.5 Å². The van der Waals surface area contributed by atoms with Gasteiger partial charge in [-0.25, -0.2) is 0 Å². The Kier molecular flexibility index (Phi) is 5.63. The maximum absolute atomic E-state index is 14.3. The lowest BCUT2D eigenvalue weighted by atomic mass is 9.60. The van der Waals surface area contributed by atoms with E-state index in [1.165, 1.54) is 0 Å². The second-order valence-electron chi connectivity index (χ2n) is 10.2. The zero-order valence-electron chi connectivity index (χ0n) is 22.4. The van der Waals surface area contributed by atoms with Crippen LogP contribution in [0.2, 0.25) is 0 Å². The number of hydrogen-bond donors (Lipinski definition) is 0. The van der Waals surface area contributed by atoms with E-state index in [2.05, 4.69) is 6.07 Å². The average Bonchev–Trinajstić information content (AvgIpc) is 3.47. The number of methoxy groups -OCH3 is 3. The lowest BCUT2D eigenvalue weighted by Gasteiger charge is -2.50. The molecule has 0 saturated heterocycles. The molecule has 2 aliphatic heterocycles. The number of Topliss-reactive ketones (excluding diaryl/α,β-unsaturated/α-hetero) is 1. The summed E-state index contributed by atoms with van der Waals surface area (Å²) in [5, 5.41) is 0. The van der Waals surface area contributed by atoms with Gasteiger partial charge in [0.1, 0.15) is 5.75 Å². The number of hydrogen-bond acceptors (Lipinski definition) is 7. The molecule has 7 nitrogen and oxygen atoms in total. The Bertz CT molecular complexity index is 1600. The molecular weight excluding hydrogens is 508 g/mol. The van der Waals surface area contributed by atoms with E-state index in [9.17, 15) is 4.79 Å². The summed E-state index contributed by atoms with van der Waals surface area (Å²) >= 11 is 0. The van der Waals surface area contributed by atoms with E-state index < -0.39 is 11.5 Å². The predicted molar refractivity (Wildman–Crippen MR) is 147 cm³/mol. The zero-order chi connectivity index (χ0) is 27.4. The van der Waals surface area contributed by atoms with Crippen molar-refractivity contribution >= 4 is 5.78 Å². The smallest absolute Gasteiger partial charge is 0.231 e. The van der Waals surface area contributed by atoms with Crippen LogP contribution in [0.25, 0.3) is 0 Å². The molecule has 3 atom stereocenters. The highest BCUT2D eigenvalue weighted by molar-refractivity contribution is 6.02. The largest absolute Gasteiger partial charge is 0.493 e. The number of rotatable bonds is 6. The topological polar surface area (TPSA) is 72.5 Å². The van der Waals surface area contributed by atoms with Crippen molar-refractivity contribution in [3.05, 3.63) is 107 Å². The predicted octanol–water partition coefficient (Wildman–Crippen LogP) is 6.23. The van der Waals surface area contributed by atoms with E-state index >= 15 is 0 Å². The summed E-state index contributed by atoms with van der Waals surface area (Å²) in [4.78, 5) is 14.3. The monoisotopic (exact) mass is 536 g/mol. The van der Waals surface area contributed by atoms with Crippen LogP contribution in [0.5, 0.6) is 34.5 Å². The molecule has 0 unspecified atom stereocenters. The maximum atomic E-state index is 14.3. The summed E-state index contributed by atoms with van der Waals surface area (Å²) in [6, 6.07) is 25.2. The first kappa shape index (κ1) is 24.4. The van der Waals surface area contributed by atoms with Gasteiger partial charge in [0, 0.05) is 29.0 Å². The Morgan fingerprint density at radius 1 is 0.775 bits per heavy atom. The molecule has 0 saturated carbocycles. The lowest BCUT2D eigenvalue weighted by Crippen LogP contribution is -2.46. The van der Waals surface area contributed by atoms with Crippen LogP contribution in [0, 0.1) is 0 Å². The van der Waals surface area contributed by atoms with Crippen molar-refractivity contribution in [3.63, 3.8) is 0 Å². The Morgan fingerprint density at radius 2 is 1.45 bits per heavy atom. The molecule has 202 valence electrons. The molecule has 1 aliphatic carbocycles. The van der Waals surface area contributed by atoms with E-state index in [-0.39, 0.29) is 18.5 Å². The summed E-state index contributed by atoms with van der Waals surface area (Å²) in [5.74, 6) is 2.97. The van der Waals surface area contributed by atoms with Gasteiger partial charge in [0.05, 0.1) is 27.2 Å². The molecule has 0 aromatic heterocycles. The molecule has 0 N–H and O–H groups in total. The molecule has 7 heteroatoms. The molecule has 0 spiro atoms. The van der Waals surface area contributed by atoms with Gasteiger partial charge in [-0.3, -0.25) is 4.79 Å². The number of para-hydroxylation sites is 1. The third-order valence-electron chi connectivity index (χ3n) is 8.30. The summed E-state index contributed by atoms with van der Waals surface area (Å²) in [7, 11) is 4.78. The molecule has 0 radical (unpaired) electrons. The summed E-state index contributed by atoms with van der Waals surface area (Å²) in [6.45, 7) is 0.122. The van der Waals surface area contributed by atoms with Crippen LogP contribution in [0.4, 0.5) is 0 Å². The minimum Gasteiger partial charge on any atom is -0.493 e. The number of benzene rings is 4. The van der Waals surface area contributed by atoms with Crippen LogP contribution in [-0.2, 0) is 5.60 Å². The van der Waals surface area contributed by atoms with Crippen LogP contribution in [0.1, 0.15) is 50.9 Å². The van der Waals surface area contributed by atoms with Crippen molar-refractivity contribution in [1.82, 2.24) is 0 Å². The zero-order valence-corrected chi connectivity index (χ0v) is 22.4. The lowest BCUT2D eigenvalue weighted by molar-refractivity contribution is 0.0511. The highest BCUT2D eigenvalue weighted by atomic mass is 16.7. The van der Waals surface area contributed by atoms with Crippen LogP contribution < -0.4 is 28.4 Å². The number of carbonyl (C=O) groups is 1. The molecule has 4 aromatic carbocycles. The molecule has 2 heterocycles. The van der Waals surface area contributed by atoms with E-state index in [0.717, 1.165) is 28.0 Å². The van der Waals surface area contributed by atoms with Crippen molar-refractivity contribution in [2.75, 3.05) is 28.1 Å². The van der Waals surface area contributed by atoms with Gasteiger partial charge in [-0.15, -0.1) is 0 Å². The Morgan fingerprint density at radius 3 is 2.15 bits per heavy atom. The highest BCUT2D eigenvalue weighted by Crippen LogP contribution is 2.62. The maximum Gasteiger partial charge on any atom is 0.231 e. The molecule has 2 bridgehead atoms. The van der Waals surface area contributed by atoms with Crippen molar-refractivity contribution in [2.45, 2.75) is 23.9 Å². The molecule has 4 aromatic rings. The minimum absolute atomic E-state index is 0.0564. The van der Waals surface area contributed by atoms with Crippen LogP contribution in [0.3, 0.4) is 0 Å². The van der Waals surface area contributed by atoms with E-state index in [0.29, 0.717) is 40.7 Å². The average molecular weight is 537 g/mol. The third kappa shape index (κ3) is 3.47. The molecule has 7 rings (SSSR count). The molecule has 0 amide bonds. The van der Waals surface area contributed by atoms with Crippen LogP contribution in [-0.4, -0.2) is 33.9 Å². The summed E-state index contributed by atoms with van der Waals surface area (Å²) < 4.78 is 35.7. The van der Waals surface area contributed by atoms with Crippen LogP contribution >= 0.6 is 0 Å². The third-order valence-corrected chi connectivity index (χ3v) is 8.30. The highest BCUT2D eigenvalue weighted by Gasteiger charge is 2.55. The normalized spacial score (nSPS) is 21.5. The van der Waals surface area contributed by atoms with Crippen molar-refractivity contribution in [3.8, 4) is 34.5 Å². The quantitative estimate of drug-likeness (QED) is 0.271. The minimum atomic E-state index is -0.963. The number of ether oxygens (including phenoxy) is 6. The van der Waals surface area contributed by atoms with Gasteiger partial charge in [0.15, 0.2) is 34.4 Å². The Labute approximate surface area is 232 Å². The standard InChI is InChI=1S/C33H28O7/c1-35-28-13-20(14-29(36-2)32(28)37-3)33-17-23(21-11-7-8-12-25(21)40-33)30(31(34)19-9-5-4-6-10-19)22-15-26-27(16-24(22)33)39-18-38-26/h4-16,23,30H,17-18H2,1-3H3/t23-,30+,33+/m1/s1. The first-order valence-electron chi connectivity index (χ1n) is 13.2. The molecule has 3 aliphatic rings. The van der Waals surface area contributed by atoms with Gasteiger partial charge >= 0.3 is 0 Å². The number of fused-ring (bicyclic) bond motifs is 7. The van der Waals surface area contributed by atoms with Crippen molar-refractivity contribution < 1.29 is 33.2 Å². The second-order valence-corrected chi connectivity index (χ2v) is 10.2. The fourth-order valence-electron chi connectivity index (χ4n) is 6.53.